The van der Waals surface area contributed by atoms with Gasteiger partial charge in [0.25, 0.3) is 0 Å². The van der Waals surface area contributed by atoms with Crippen LogP contribution in [0.5, 0.6) is 0 Å². The summed E-state index contributed by atoms with van der Waals surface area (Å²) in [4.78, 5) is 25.0. The summed E-state index contributed by atoms with van der Waals surface area (Å²) in [6, 6.07) is 7.36. The fourth-order valence-corrected chi connectivity index (χ4v) is 3.60. The smallest absolute Gasteiger partial charge is 0.333 e. The summed E-state index contributed by atoms with van der Waals surface area (Å²) in [5.41, 5.74) is 2.45. The first-order valence-corrected chi connectivity index (χ1v) is 9.38. The van der Waals surface area contributed by atoms with Gasteiger partial charge in [-0.3, -0.25) is 18.6 Å². The van der Waals surface area contributed by atoms with Crippen molar-refractivity contribution >= 4 is 28.4 Å². The summed E-state index contributed by atoms with van der Waals surface area (Å²) in [6.07, 6.45) is 1.54. The number of aliphatic carboxylic acids is 1. The Bertz CT molecular complexity index is 786. The lowest BCUT2D eigenvalue weighted by Crippen LogP contribution is -2.39. The standard InChI is InChI=1S/C17H21N3O5S/c1-12-5-3-6-13(2)16(12)20(11-19-8-4-7-18-19)15(22)10-26(25)9-14(21)17(23)24/h3-8,14,21H,9-11H2,1-2H3,(H,23,24). The number of aliphatic hydroxyl groups is 1. The average molecular weight is 379 g/mol. The number of para-hydroxylation sites is 1. The van der Waals surface area contributed by atoms with E-state index in [1.54, 1.807) is 23.1 Å². The molecule has 0 spiro atoms. The first-order valence-electron chi connectivity index (χ1n) is 7.89. The number of hydrogen-bond acceptors (Lipinski definition) is 5. The highest BCUT2D eigenvalue weighted by atomic mass is 32.2. The number of carbonyl (C=O) groups is 2. The van der Waals surface area contributed by atoms with Gasteiger partial charge < -0.3 is 10.2 Å². The van der Waals surface area contributed by atoms with Crippen LogP contribution in [-0.4, -0.2) is 53.7 Å². The minimum absolute atomic E-state index is 0.135. The number of carbonyl (C=O) groups excluding carboxylic acids is 1. The summed E-state index contributed by atoms with van der Waals surface area (Å²) in [5.74, 6) is -2.79. The summed E-state index contributed by atoms with van der Waals surface area (Å²) in [7, 11) is -1.81. The van der Waals surface area contributed by atoms with Crippen LogP contribution in [0.3, 0.4) is 0 Å². The molecule has 0 saturated heterocycles. The number of rotatable bonds is 8. The summed E-state index contributed by atoms with van der Waals surface area (Å²) in [5, 5.41) is 22.1. The molecular weight excluding hydrogens is 358 g/mol. The molecule has 2 aromatic rings. The van der Waals surface area contributed by atoms with Crippen molar-refractivity contribution in [2.75, 3.05) is 16.4 Å². The monoisotopic (exact) mass is 379 g/mol. The lowest BCUT2D eigenvalue weighted by Gasteiger charge is -2.26. The van der Waals surface area contributed by atoms with E-state index in [-0.39, 0.29) is 12.4 Å². The Morgan fingerprint density at radius 1 is 1.27 bits per heavy atom. The van der Waals surface area contributed by atoms with Crippen molar-refractivity contribution in [2.45, 2.75) is 26.6 Å². The molecule has 2 N–H and O–H groups in total. The molecule has 8 nitrogen and oxygen atoms in total. The van der Waals surface area contributed by atoms with Crippen molar-refractivity contribution in [3.63, 3.8) is 0 Å². The number of hydrogen-bond donors (Lipinski definition) is 2. The number of aliphatic hydroxyl groups excluding tert-OH is 1. The quantitative estimate of drug-likeness (QED) is 0.698. The van der Waals surface area contributed by atoms with Crippen LogP contribution >= 0.6 is 0 Å². The van der Waals surface area contributed by atoms with E-state index in [9.17, 15) is 18.9 Å². The summed E-state index contributed by atoms with van der Waals surface area (Å²) >= 11 is 0. The average Bonchev–Trinajstić information content (AvgIpc) is 3.06. The number of aryl methyl sites for hydroxylation is 2. The van der Waals surface area contributed by atoms with E-state index in [2.05, 4.69) is 5.10 Å². The van der Waals surface area contributed by atoms with E-state index >= 15 is 0 Å². The molecular formula is C17H21N3O5S. The maximum absolute atomic E-state index is 12.8. The predicted octanol–water partition coefficient (Wildman–Crippen LogP) is 0.685. The highest BCUT2D eigenvalue weighted by Gasteiger charge is 2.24. The summed E-state index contributed by atoms with van der Waals surface area (Å²) in [6.45, 7) is 3.88. The van der Waals surface area contributed by atoms with Gasteiger partial charge in [-0.25, -0.2) is 4.79 Å². The molecule has 1 aromatic carbocycles. The molecule has 0 radical (unpaired) electrons. The van der Waals surface area contributed by atoms with Crippen molar-refractivity contribution in [3.8, 4) is 0 Å². The number of nitrogens with zero attached hydrogens (tertiary/aromatic N) is 3. The summed E-state index contributed by atoms with van der Waals surface area (Å²) < 4.78 is 13.7. The molecule has 1 amide bonds. The van der Waals surface area contributed by atoms with E-state index in [1.165, 1.54) is 4.90 Å². The van der Waals surface area contributed by atoms with Gasteiger partial charge in [0.15, 0.2) is 6.10 Å². The largest absolute Gasteiger partial charge is 0.479 e. The molecule has 140 valence electrons. The van der Waals surface area contributed by atoms with Crippen LogP contribution in [0.4, 0.5) is 5.69 Å². The normalized spacial score (nSPS) is 13.2. The topological polar surface area (TPSA) is 113 Å². The second-order valence-electron chi connectivity index (χ2n) is 5.85. The molecule has 0 bridgehead atoms. The number of benzene rings is 1. The van der Waals surface area contributed by atoms with Crippen LogP contribution in [0.25, 0.3) is 0 Å². The van der Waals surface area contributed by atoms with Crippen LogP contribution in [0, 0.1) is 13.8 Å². The van der Waals surface area contributed by atoms with E-state index in [1.807, 2.05) is 32.0 Å². The molecule has 2 unspecified atom stereocenters. The van der Waals surface area contributed by atoms with Crippen molar-refractivity contribution < 1.29 is 24.0 Å². The number of aromatic nitrogens is 2. The zero-order valence-electron chi connectivity index (χ0n) is 14.5. The molecule has 0 saturated carbocycles. The number of carboxylic acid groups (broad SMARTS) is 1. The third-order valence-corrected chi connectivity index (χ3v) is 5.03. The minimum Gasteiger partial charge on any atom is -0.479 e. The Kier molecular flexibility index (Phi) is 6.64. The van der Waals surface area contributed by atoms with Crippen LogP contribution < -0.4 is 4.90 Å². The molecule has 0 aliphatic rings. The number of carboxylic acids is 1. The Morgan fingerprint density at radius 2 is 1.92 bits per heavy atom. The van der Waals surface area contributed by atoms with E-state index in [0.717, 1.165) is 11.1 Å². The first-order chi connectivity index (χ1) is 12.3. The lowest BCUT2D eigenvalue weighted by molar-refractivity contribution is -0.145. The molecule has 0 fully saturated rings. The molecule has 0 aliphatic heterocycles. The zero-order chi connectivity index (χ0) is 19.3. The van der Waals surface area contributed by atoms with Crippen molar-refractivity contribution in [3.05, 3.63) is 47.8 Å². The number of amides is 1. The minimum atomic E-state index is -1.81. The van der Waals surface area contributed by atoms with Crippen LogP contribution in [-0.2, 0) is 27.1 Å². The Morgan fingerprint density at radius 3 is 2.46 bits per heavy atom. The van der Waals surface area contributed by atoms with Gasteiger partial charge in [0.1, 0.15) is 12.4 Å². The van der Waals surface area contributed by atoms with Crippen LogP contribution in [0.2, 0.25) is 0 Å². The fourth-order valence-electron chi connectivity index (χ4n) is 2.56. The molecule has 1 heterocycles. The third-order valence-electron chi connectivity index (χ3n) is 3.77. The van der Waals surface area contributed by atoms with Gasteiger partial charge in [0.05, 0.1) is 11.4 Å². The fraction of sp³-hybridized carbons (Fsp3) is 0.353. The van der Waals surface area contributed by atoms with Crippen molar-refractivity contribution in [1.82, 2.24) is 9.78 Å². The van der Waals surface area contributed by atoms with Gasteiger partial charge in [0.2, 0.25) is 5.91 Å². The van der Waals surface area contributed by atoms with E-state index in [0.29, 0.717) is 5.69 Å². The Hall–Kier alpha value is -2.52. The second kappa shape index (κ2) is 8.72. The highest BCUT2D eigenvalue weighted by Crippen LogP contribution is 2.25. The molecule has 1 aromatic heterocycles. The maximum atomic E-state index is 12.8. The van der Waals surface area contributed by atoms with Gasteiger partial charge >= 0.3 is 5.97 Å². The SMILES string of the molecule is Cc1cccc(C)c1N(Cn1cccn1)C(=O)CS(=O)CC(O)C(=O)O. The van der Waals surface area contributed by atoms with E-state index < -0.39 is 34.5 Å². The Labute approximate surface area is 153 Å². The molecule has 9 heteroatoms. The molecule has 26 heavy (non-hydrogen) atoms. The van der Waals surface area contributed by atoms with Crippen LogP contribution in [0.15, 0.2) is 36.7 Å². The lowest BCUT2D eigenvalue weighted by atomic mass is 10.1. The third kappa shape index (κ3) is 4.99. The Balaban J connectivity index is 2.24. The maximum Gasteiger partial charge on any atom is 0.333 e. The first kappa shape index (κ1) is 19.8. The van der Waals surface area contributed by atoms with E-state index in [4.69, 9.17) is 5.11 Å². The second-order valence-corrected chi connectivity index (χ2v) is 7.36. The van der Waals surface area contributed by atoms with Crippen molar-refractivity contribution in [1.29, 1.82) is 0 Å². The van der Waals surface area contributed by atoms with Gasteiger partial charge in [-0.05, 0) is 31.0 Å². The van der Waals surface area contributed by atoms with Crippen molar-refractivity contribution in [2.24, 2.45) is 0 Å². The highest BCUT2D eigenvalue weighted by molar-refractivity contribution is 7.85. The van der Waals surface area contributed by atoms with Gasteiger partial charge in [-0.15, -0.1) is 0 Å². The zero-order valence-corrected chi connectivity index (χ0v) is 15.3. The van der Waals surface area contributed by atoms with Gasteiger partial charge in [-0.1, -0.05) is 18.2 Å². The molecule has 0 aliphatic carbocycles. The predicted molar refractivity (Wildman–Crippen MR) is 97.1 cm³/mol. The number of anilines is 1. The molecule has 2 rings (SSSR count). The van der Waals surface area contributed by atoms with Crippen LogP contribution in [0.1, 0.15) is 11.1 Å². The van der Waals surface area contributed by atoms with Gasteiger partial charge in [-0.2, -0.15) is 5.10 Å². The molecule has 2 atom stereocenters. The van der Waals surface area contributed by atoms with Gasteiger partial charge in [0, 0.05) is 23.2 Å².